The maximum atomic E-state index is 11.8. The van der Waals surface area contributed by atoms with Crippen molar-refractivity contribution >= 4 is 17.7 Å². The summed E-state index contributed by atoms with van der Waals surface area (Å²) in [5.41, 5.74) is 5.00. The molecule has 0 radical (unpaired) electrons. The second kappa shape index (κ2) is 5.30. The number of anilines is 2. The molecule has 136 valence electrons. The zero-order chi connectivity index (χ0) is 17.9. The summed E-state index contributed by atoms with van der Waals surface area (Å²) < 4.78 is 0. The third-order valence-corrected chi connectivity index (χ3v) is 6.27. The summed E-state index contributed by atoms with van der Waals surface area (Å²) in [6.07, 6.45) is 8.07. The fourth-order valence-electron chi connectivity index (χ4n) is 4.51. The molecule has 1 amide bonds. The number of carbonyl (C=O) groups excluding carboxylic acids is 1. The van der Waals surface area contributed by atoms with E-state index >= 15 is 0 Å². The van der Waals surface area contributed by atoms with Crippen molar-refractivity contribution in [2.75, 3.05) is 10.6 Å². The molecule has 3 fully saturated rings. The quantitative estimate of drug-likeness (QED) is 0.627. The lowest BCUT2D eigenvalue weighted by molar-refractivity contribution is 0.0521. The van der Waals surface area contributed by atoms with Gasteiger partial charge in [0, 0.05) is 17.3 Å². The van der Waals surface area contributed by atoms with Crippen molar-refractivity contribution in [3.8, 4) is 0 Å². The van der Waals surface area contributed by atoms with Crippen LogP contribution in [-0.4, -0.2) is 37.7 Å². The molecular weight excluding hydrogens is 318 g/mol. The van der Waals surface area contributed by atoms with E-state index in [-0.39, 0.29) is 11.1 Å². The van der Waals surface area contributed by atoms with Gasteiger partial charge in [-0.05, 0) is 64.7 Å². The molecule has 3 aliphatic rings. The van der Waals surface area contributed by atoms with E-state index in [1.807, 2.05) is 0 Å². The summed E-state index contributed by atoms with van der Waals surface area (Å²) in [5.74, 6) is 1.03. The smallest absolute Gasteiger partial charge is 0.254 e. The molecule has 0 atom stereocenters. The summed E-state index contributed by atoms with van der Waals surface area (Å²) >= 11 is 0. The molecule has 0 saturated heterocycles. The Balaban J connectivity index is 1.59. The summed E-state index contributed by atoms with van der Waals surface area (Å²) in [7, 11) is 0. The number of carbonyl (C=O) groups is 1. The van der Waals surface area contributed by atoms with Gasteiger partial charge < -0.3 is 21.5 Å². The highest BCUT2D eigenvalue weighted by Crippen LogP contribution is 2.51. The van der Waals surface area contributed by atoms with Crippen molar-refractivity contribution in [3.05, 3.63) is 11.8 Å². The fourth-order valence-corrected chi connectivity index (χ4v) is 4.51. The minimum Gasteiger partial charge on any atom is -0.390 e. The van der Waals surface area contributed by atoms with E-state index in [4.69, 9.17) is 5.73 Å². The van der Waals surface area contributed by atoms with Crippen molar-refractivity contribution in [1.29, 1.82) is 0 Å². The second-order valence-corrected chi connectivity index (χ2v) is 8.75. The van der Waals surface area contributed by atoms with Crippen molar-refractivity contribution in [2.45, 2.75) is 75.5 Å². The molecule has 5 N–H and O–H groups in total. The van der Waals surface area contributed by atoms with Crippen LogP contribution in [0.25, 0.3) is 0 Å². The molecule has 25 heavy (non-hydrogen) atoms. The van der Waals surface area contributed by atoms with Gasteiger partial charge in [0.15, 0.2) is 0 Å². The van der Waals surface area contributed by atoms with Gasteiger partial charge in [0.2, 0.25) is 5.95 Å². The van der Waals surface area contributed by atoms with Crippen LogP contribution in [0.15, 0.2) is 6.20 Å². The number of nitrogens with zero attached hydrogens (tertiary/aromatic N) is 2. The maximum absolute atomic E-state index is 11.8. The monoisotopic (exact) mass is 345 g/mol. The van der Waals surface area contributed by atoms with Crippen molar-refractivity contribution < 1.29 is 9.90 Å². The van der Waals surface area contributed by atoms with Gasteiger partial charge in [0.05, 0.1) is 11.2 Å². The zero-order valence-corrected chi connectivity index (χ0v) is 14.9. The first-order valence-electron chi connectivity index (χ1n) is 9.16. The van der Waals surface area contributed by atoms with Crippen LogP contribution in [0.2, 0.25) is 0 Å². The van der Waals surface area contributed by atoms with Crippen LogP contribution in [0.4, 0.5) is 11.8 Å². The average molecular weight is 345 g/mol. The lowest BCUT2D eigenvalue weighted by atomic mass is 9.93. The van der Waals surface area contributed by atoms with E-state index in [1.54, 1.807) is 0 Å². The number of hydrogen-bond donors (Lipinski definition) is 4. The second-order valence-electron chi connectivity index (χ2n) is 8.75. The molecule has 0 unspecified atom stereocenters. The molecule has 3 aliphatic carbocycles. The predicted molar refractivity (Wildman–Crippen MR) is 95.4 cm³/mol. The molecule has 7 heteroatoms. The number of fused-ring (bicyclic) bond motifs is 2. The van der Waals surface area contributed by atoms with Crippen LogP contribution in [0.3, 0.4) is 0 Å². The third-order valence-electron chi connectivity index (χ3n) is 6.27. The van der Waals surface area contributed by atoms with Gasteiger partial charge in [-0.25, -0.2) is 4.98 Å². The van der Waals surface area contributed by atoms with Crippen LogP contribution < -0.4 is 16.4 Å². The van der Waals surface area contributed by atoms with E-state index in [0.717, 1.165) is 32.1 Å². The Labute approximate surface area is 147 Å². The Morgan fingerprint density at radius 2 is 2.00 bits per heavy atom. The molecule has 7 nitrogen and oxygen atoms in total. The first kappa shape index (κ1) is 16.6. The van der Waals surface area contributed by atoms with Crippen molar-refractivity contribution in [1.82, 2.24) is 9.97 Å². The summed E-state index contributed by atoms with van der Waals surface area (Å²) in [5, 5.41) is 17.3. The molecule has 0 aromatic carbocycles. The molecule has 0 aliphatic heterocycles. The van der Waals surface area contributed by atoms with Gasteiger partial charge in [0.1, 0.15) is 5.82 Å². The highest BCUT2D eigenvalue weighted by Gasteiger charge is 2.53. The van der Waals surface area contributed by atoms with Crippen LogP contribution in [-0.2, 0) is 0 Å². The third kappa shape index (κ3) is 3.05. The Bertz CT molecular complexity index is 705. The molecule has 1 heterocycles. The van der Waals surface area contributed by atoms with Gasteiger partial charge >= 0.3 is 0 Å². The molecule has 1 aromatic heterocycles. The number of primary amides is 1. The van der Waals surface area contributed by atoms with Gasteiger partial charge in [-0.15, -0.1) is 0 Å². The molecule has 1 aromatic rings. The lowest BCUT2D eigenvalue weighted by Gasteiger charge is -2.30. The Kier molecular flexibility index (Phi) is 3.51. The summed E-state index contributed by atoms with van der Waals surface area (Å²) in [4.78, 5) is 20.6. The maximum Gasteiger partial charge on any atom is 0.254 e. The summed E-state index contributed by atoms with van der Waals surface area (Å²) in [6, 6.07) is 0. The number of rotatable bonds is 6. The van der Waals surface area contributed by atoms with E-state index in [0.29, 0.717) is 23.2 Å². The first-order valence-corrected chi connectivity index (χ1v) is 9.16. The van der Waals surface area contributed by atoms with Crippen molar-refractivity contribution in [3.63, 3.8) is 0 Å². The van der Waals surface area contributed by atoms with Crippen LogP contribution in [0.1, 0.15) is 69.2 Å². The molecule has 3 saturated carbocycles. The van der Waals surface area contributed by atoms with Gasteiger partial charge in [-0.3, -0.25) is 4.79 Å². The standard InChI is InChI=1S/C18H27N5O2/c1-16(2,11-3-4-11)22-14-12(13(19)24)9-20-15(21-14)23-17-5-7-18(25,10-17)8-6-17/h9,11,25H,3-8,10H2,1-2H3,(H2,19,24)(H2,20,21,22,23). The summed E-state index contributed by atoms with van der Waals surface area (Å²) in [6.45, 7) is 4.24. The predicted octanol–water partition coefficient (Wildman–Crippen LogP) is 2.04. The van der Waals surface area contributed by atoms with Gasteiger partial charge in [0.25, 0.3) is 5.91 Å². The van der Waals surface area contributed by atoms with E-state index in [9.17, 15) is 9.90 Å². The minimum atomic E-state index is -0.533. The average Bonchev–Trinajstić information content (AvgIpc) is 3.27. The molecule has 2 bridgehead atoms. The SMILES string of the molecule is CC(C)(Nc1nc(NC23CCC(O)(CC2)C3)ncc1C(N)=O)C1CC1. The van der Waals surface area contributed by atoms with E-state index in [2.05, 4.69) is 34.4 Å². The molecule has 0 spiro atoms. The first-order chi connectivity index (χ1) is 11.7. The number of hydrogen-bond acceptors (Lipinski definition) is 6. The topological polar surface area (TPSA) is 113 Å². The Morgan fingerprint density at radius 1 is 1.32 bits per heavy atom. The number of nitrogens with one attached hydrogen (secondary N) is 2. The Hall–Kier alpha value is -1.89. The van der Waals surface area contributed by atoms with E-state index in [1.165, 1.54) is 19.0 Å². The number of amides is 1. The van der Waals surface area contributed by atoms with Crippen LogP contribution in [0, 0.1) is 5.92 Å². The molecule has 4 rings (SSSR count). The van der Waals surface area contributed by atoms with Crippen LogP contribution in [0.5, 0.6) is 0 Å². The largest absolute Gasteiger partial charge is 0.390 e. The van der Waals surface area contributed by atoms with Crippen LogP contribution >= 0.6 is 0 Å². The number of aromatic nitrogens is 2. The molecular formula is C18H27N5O2. The van der Waals surface area contributed by atoms with Gasteiger partial charge in [-0.1, -0.05) is 0 Å². The fraction of sp³-hybridized carbons (Fsp3) is 0.722. The van der Waals surface area contributed by atoms with E-state index < -0.39 is 11.5 Å². The van der Waals surface area contributed by atoms with Crippen molar-refractivity contribution in [2.24, 2.45) is 11.7 Å². The Morgan fingerprint density at radius 3 is 2.52 bits per heavy atom. The lowest BCUT2D eigenvalue weighted by Crippen LogP contribution is -2.36. The minimum absolute atomic E-state index is 0.133. The number of nitrogens with two attached hydrogens (primary N) is 1. The highest BCUT2D eigenvalue weighted by atomic mass is 16.3. The number of aliphatic hydroxyl groups is 1. The normalized spacial score (nSPS) is 31.2. The highest BCUT2D eigenvalue weighted by molar-refractivity contribution is 5.97. The van der Waals surface area contributed by atoms with Gasteiger partial charge in [-0.2, -0.15) is 4.98 Å². The zero-order valence-electron chi connectivity index (χ0n) is 14.9.